The summed E-state index contributed by atoms with van der Waals surface area (Å²) >= 11 is 33.6. The highest BCUT2D eigenvalue weighted by Crippen LogP contribution is 2.61. The highest BCUT2D eigenvalue weighted by molar-refractivity contribution is 7.55. The number of aliphatic hydroxyl groups is 1. The summed E-state index contributed by atoms with van der Waals surface area (Å²) in [6, 6.07) is 0. The molecule has 0 spiro atoms. The standard InChI is InChI=1S/C11H18Cl6NO6P/c1-5(2)23-25(21,24-6(3)4)8(11(15,16)17)22-9(20)18-7(19)10(12,13)14/h5-8,19H,1-4H3,(H,18,20). The SMILES string of the molecule is CC(C)OP(=O)(OC(C)C)C(OC(=O)NC(O)C(Cl)(Cl)Cl)C(Cl)(Cl)Cl. The molecule has 0 saturated heterocycles. The predicted molar refractivity (Wildman–Crippen MR) is 100 cm³/mol. The smallest absolute Gasteiger partial charge is 0.410 e. The Morgan fingerprint density at radius 1 is 0.960 bits per heavy atom. The lowest BCUT2D eigenvalue weighted by atomic mass is 10.5. The normalized spacial score (nSPS) is 16.0. The Hall–Kier alpha value is 1.12. The molecule has 14 heteroatoms. The fourth-order valence-electron chi connectivity index (χ4n) is 1.36. The second-order valence-electron chi connectivity index (χ2n) is 5.24. The third kappa shape index (κ3) is 9.74. The van der Waals surface area contributed by atoms with E-state index in [1.807, 2.05) is 0 Å². The van der Waals surface area contributed by atoms with E-state index in [1.165, 1.54) is 0 Å². The summed E-state index contributed by atoms with van der Waals surface area (Å²) in [5, 5.41) is 11.3. The van der Waals surface area contributed by atoms with E-state index in [2.05, 4.69) is 0 Å². The van der Waals surface area contributed by atoms with Crippen molar-refractivity contribution >= 4 is 83.3 Å². The van der Waals surface area contributed by atoms with Gasteiger partial charge < -0.3 is 18.9 Å². The van der Waals surface area contributed by atoms with Gasteiger partial charge in [-0.1, -0.05) is 69.6 Å². The molecule has 150 valence electrons. The third-order valence-electron chi connectivity index (χ3n) is 2.07. The van der Waals surface area contributed by atoms with Gasteiger partial charge in [0.1, 0.15) is 0 Å². The first-order chi connectivity index (χ1) is 11.0. The number of hydrogen-bond donors (Lipinski definition) is 2. The summed E-state index contributed by atoms with van der Waals surface area (Å²) in [4.78, 5) is 11.9. The molecule has 0 fully saturated rings. The van der Waals surface area contributed by atoms with Crippen molar-refractivity contribution < 1.29 is 28.3 Å². The predicted octanol–water partition coefficient (Wildman–Crippen LogP) is 5.14. The van der Waals surface area contributed by atoms with Gasteiger partial charge in [0.15, 0.2) is 6.23 Å². The van der Waals surface area contributed by atoms with Crippen LogP contribution in [0.1, 0.15) is 27.7 Å². The molecule has 0 bridgehead atoms. The first-order valence-corrected chi connectivity index (χ1v) is 10.6. The molecule has 1 amide bonds. The van der Waals surface area contributed by atoms with E-state index in [1.54, 1.807) is 33.0 Å². The van der Waals surface area contributed by atoms with Gasteiger partial charge >= 0.3 is 13.7 Å². The van der Waals surface area contributed by atoms with Crippen molar-refractivity contribution in [2.75, 3.05) is 0 Å². The van der Waals surface area contributed by atoms with Crippen molar-refractivity contribution in [2.24, 2.45) is 0 Å². The lowest BCUT2D eigenvalue weighted by Crippen LogP contribution is -2.46. The molecule has 0 saturated carbocycles. The number of nitrogens with one attached hydrogen (secondary N) is 1. The van der Waals surface area contributed by atoms with Gasteiger partial charge in [0, 0.05) is 0 Å². The number of aliphatic hydroxyl groups excluding tert-OH is 1. The van der Waals surface area contributed by atoms with E-state index in [-0.39, 0.29) is 0 Å². The number of hydrogen-bond acceptors (Lipinski definition) is 6. The van der Waals surface area contributed by atoms with Crippen LogP contribution in [0.25, 0.3) is 0 Å². The topological polar surface area (TPSA) is 94.1 Å². The van der Waals surface area contributed by atoms with Gasteiger partial charge in [0.25, 0.3) is 5.85 Å². The van der Waals surface area contributed by atoms with Crippen LogP contribution in [0.2, 0.25) is 0 Å². The molecule has 0 aliphatic heterocycles. The lowest BCUT2D eigenvalue weighted by Gasteiger charge is -2.33. The number of amides is 1. The molecule has 0 aromatic heterocycles. The number of carbonyl (C=O) groups is 1. The molecular weight excluding hydrogens is 486 g/mol. The van der Waals surface area contributed by atoms with Crippen LogP contribution >= 0.6 is 77.2 Å². The highest BCUT2D eigenvalue weighted by atomic mass is 35.6. The molecule has 0 aliphatic carbocycles. The Labute approximate surface area is 176 Å². The minimum Gasteiger partial charge on any atom is -0.428 e. The van der Waals surface area contributed by atoms with Gasteiger partial charge in [0.2, 0.25) is 7.59 Å². The average Bonchev–Trinajstić information content (AvgIpc) is 2.30. The van der Waals surface area contributed by atoms with Crippen molar-refractivity contribution in [2.45, 2.75) is 59.6 Å². The summed E-state index contributed by atoms with van der Waals surface area (Å²) in [5.74, 6) is -1.96. The quantitative estimate of drug-likeness (QED) is 0.284. The van der Waals surface area contributed by atoms with Crippen LogP contribution in [0.15, 0.2) is 0 Å². The van der Waals surface area contributed by atoms with E-state index in [0.717, 1.165) is 0 Å². The van der Waals surface area contributed by atoms with Gasteiger partial charge in [-0.05, 0) is 27.7 Å². The molecule has 7 nitrogen and oxygen atoms in total. The average molecular weight is 504 g/mol. The van der Waals surface area contributed by atoms with E-state index in [9.17, 15) is 14.5 Å². The van der Waals surface area contributed by atoms with Crippen LogP contribution in [0.3, 0.4) is 0 Å². The molecule has 2 N–H and O–H groups in total. The Morgan fingerprint density at radius 2 is 1.36 bits per heavy atom. The van der Waals surface area contributed by atoms with E-state index < -0.39 is 45.6 Å². The molecule has 25 heavy (non-hydrogen) atoms. The monoisotopic (exact) mass is 501 g/mol. The van der Waals surface area contributed by atoms with E-state index >= 15 is 0 Å². The molecule has 2 unspecified atom stereocenters. The van der Waals surface area contributed by atoms with Crippen LogP contribution < -0.4 is 5.32 Å². The number of alkyl carbamates (subject to hydrolysis) is 1. The van der Waals surface area contributed by atoms with Gasteiger partial charge in [-0.15, -0.1) is 0 Å². The fraction of sp³-hybridized carbons (Fsp3) is 0.909. The van der Waals surface area contributed by atoms with Crippen LogP contribution in [0, 0.1) is 0 Å². The minimum absolute atomic E-state index is 0.613. The zero-order chi connectivity index (χ0) is 20.2. The van der Waals surface area contributed by atoms with Crippen molar-refractivity contribution in [3.63, 3.8) is 0 Å². The molecule has 0 rings (SSSR count). The largest absolute Gasteiger partial charge is 0.428 e. The van der Waals surface area contributed by atoms with Crippen LogP contribution in [0.5, 0.6) is 0 Å². The van der Waals surface area contributed by atoms with Crippen molar-refractivity contribution in [1.29, 1.82) is 0 Å². The molecular formula is C11H18Cl6NO6P. The van der Waals surface area contributed by atoms with Gasteiger partial charge in [0.05, 0.1) is 12.2 Å². The molecule has 0 aliphatic rings. The Kier molecular flexibility index (Phi) is 10.5. The number of carbonyl (C=O) groups excluding carboxylic acids is 1. The second-order valence-corrected chi connectivity index (χ2v) is 11.9. The zero-order valence-corrected chi connectivity index (χ0v) is 18.9. The third-order valence-corrected chi connectivity index (χ3v) is 6.24. The maximum atomic E-state index is 13.1. The molecule has 2 atom stereocenters. The Morgan fingerprint density at radius 3 is 1.64 bits per heavy atom. The Balaban J connectivity index is 5.54. The van der Waals surface area contributed by atoms with Crippen molar-refractivity contribution in [1.82, 2.24) is 5.32 Å². The summed E-state index contributed by atoms with van der Waals surface area (Å²) in [6.07, 6.45) is -4.55. The first kappa shape index (κ1) is 26.1. The van der Waals surface area contributed by atoms with Gasteiger partial charge in [-0.3, -0.25) is 9.88 Å². The van der Waals surface area contributed by atoms with Crippen LogP contribution in [-0.4, -0.2) is 43.1 Å². The summed E-state index contributed by atoms with van der Waals surface area (Å²) in [6.45, 7) is 6.22. The van der Waals surface area contributed by atoms with Gasteiger partial charge in [-0.2, -0.15) is 0 Å². The molecule has 0 radical (unpaired) electrons. The summed E-state index contributed by atoms with van der Waals surface area (Å²) in [5.41, 5.74) is 0. The van der Waals surface area contributed by atoms with Crippen molar-refractivity contribution in [3.05, 3.63) is 0 Å². The first-order valence-electron chi connectivity index (χ1n) is 6.74. The second kappa shape index (κ2) is 10.1. The van der Waals surface area contributed by atoms with Crippen molar-refractivity contribution in [3.8, 4) is 0 Å². The maximum absolute atomic E-state index is 13.1. The summed E-state index contributed by atoms with van der Waals surface area (Å²) in [7, 11) is -4.26. The van der Waals surface area contributed by atoms with Crippen LogP contribution in [0.4, 0.5) is 4.79 Å². The maximum Gasteiger partial charge on any atom is 0.410 e. The summed E-state index contributed by atoms with van der Waals surface area (Å²) < 4.78 is 23.8. The van der Waals surface area contributed by atoms with E-state index in [0.29, 0.717) is 0 Å². The highest BCUT2D eigenvalue weighted by Gasteiger charge is 2.53. The number of alkyl halides is 6. The number of ether oxygens (including phenoxy) is 1. The van der Waals surface area contributed by atoms with E-state index in [4.69, 9.17) is 83.4 Å². The van der Waals surface area contributed by atoms with Crippen LogP contribution in [-0.2, 0) is 18.3 Å². The minimum atomic E-state index is -4.26. The fourth-order valence-corrected chi connectivity index (χ4v) is 4.77. The number of halogens is 6. The number of rotatable bonds is 7. The lowest BCUT2D eigenvalue weighted by molar-refractivity contribution is 0.0652. The zero-order valence-electron chi connectivity index (χ0n) is 13.5. The molecule has 0 aromatic carbocycles. The molecule has 0 aromatic rings. The molecule has 0 heterocycles. The van der Waals surface area contributed by atoms with Gasteiger partial charge in [-0.25, -0.2) is 4.79 Å². The Bertz CT molecular complexity index is 480.